The van der Waals surface area contributed by atoms with Crippen molar-refractivity contribution in [2.75, 3.05) is 30.9 Å². The first-order valence-corrected chi connectivity index (χ1v) is 8.81. The van der Waals surface area contributed by atoms with Crippen molar-refractivity contribution >= 4 is 28.9 Å². The van der Waals surface area contributed by atoms with Gasteiger partial charge in [-0.05, 0) is 45.1 Å². The zero-order valence-electron chi connectivity index (χ0n) is 16.6. The molecule has 0 fully saturated rings. The minimum atomic E-state index is -0.518. The zero-order chi connectivity index (χ0) is 19.9. The smallest absolute Gasteiger partial charge is 0.276 e. The molecule has 1 aromatic carbocycles. The third-order valence-electron chi connectivity index (χ3n) is 4.65. The van der Waals surface area contributed by atoms with E-state index in [-0.39, 0.29) is 23.1 Å². The molecule has 2 amide bonds. The van der Waals surface area contributed by atoms with Gasteiger partial charge in [-0.15, -0.1) is 0 Å². The fourth-order valence-electron chi connectivity index (χ4n) is 3.19. The first kappa shape index (κ1) is 18.7. The molecule has 7 nitrogen and oxygen atoms in total. The second-order valence-corrected chi connectivity index (χ2v) is 7.53. The average molecular weight is 367 g/mol. The van der Waals surface area contributed by atoms with Crippen molar-refractivity contribution in [3.63, 3.8) is 0 Å². The molecule has 0 radical (unpaired) electrons. The van der Waals surface area contributed by atoms with Gasteiger partial charge < -0.3 is 15.1 Å². The summed E-state index contributed by atoms with van der Waals surface area (Å²) in [4.78, 5) is 29.2. The molecule has 0 aromatic heterocycles. The molecular weight excluding hydrogens is 342 g/mol. The summed E-state index contributed by atoms with van der Waals surface area (Å²) in [6.45, 7) is 5.64. The van der Waals surface area contributed by atoms with Crippen molar-refractivity contribution in [1.29, 1.82) is 0 Å². The van der Waals surface area contributed by atoms with Gasteiger partial charge in [-0.3, -0.25) is 9.59 Å². The van der Waals surface area contributed by atoms with Crippen LogP contribution in [-0.2, 0) is 9.59 Å². The highest BCUT2D eigenvalue weighted by Crippen LogP contribution is 2.39. The number of nitrogens with one attached hydrogen (secondary N) is 1. The van der Waals surface area contributed by atoms with Crippen LogP contribution in [0.25, 0.3) is 0 Å². The largest absolute Gasteiger partial charge is 0.354 e. The molecule has 0 spiro atoms. The maximum Gasteiger partial charge on any atom is 0.276 e. The Morgan fingerprint density at radius 2 is 1.63 bits per heavy atom. The molecule has 2 aliphatic rings. The van der Waals surface area contributed by atoms with Gasteiger partial charge in [-0.1, -0.05) is 12.1 Å². The molecule has 0 unspecified atom stereocenters. The van der Waals surface area contributed by atoms with Crippen LogP contribution < -0.4 is 15.1 Å². The lowest BCUT2D eigenvalue weighted by molar-refractivity contribution is -0.130. The van der Waals surface area contributed by atoms with E-state index in [2.05, 4.69) is 10.4 Å². The van der Waals surface area contributed by atoms with Crippen molar-refractivity contribution in [2.45, 2.75) is 26.3 Å². The van der Waals surface area contributed by atoms with Crippen LogP contribution in [-0.4, -0.2) is 49.2 Å². The average Bonchev–Trinajstić information content (AvgIpc) is 3.08. The van der Waals surface area contributed by atoms with E-state index in [0.717, 1.165) is 17.2 Å². The van der Waals surface area contributed by atoms with E-state index in [1.807, 2.05) is 75.0 Å². The van der Waals surface area contributed by atoms with Crippen molar-refractivity contribution in [2.24, 2.45) is 5.10 Å². The Morgan fingerprint density at radius 3 is 2.11 bits per heavy atom. The fourth-order valence-corrected chi connectivity index (χ4v) is 3.19. The SMILES string of the molecule is CNC(=O)C1=NN(C(C)(C)C)C(=O)/C1=C/C=C1N(C)c2ccccc2N1C. The van der Waals surface area contributed by atoms with E-state index < -0.39 is 5.54 Å². The Labute approximate surface area is 159 Å². The number of benzene rings is 1. The molecule has 0 bridgehead atoms. The number of hydrazone groups is 1. The number of carbonyl (C=O) groups excluding carboxylic acids is 2. The quantitative estimate of drug-likeness (QED) is 0.813. The Kier molecular flexibility index (Phi) is 4.55. The highest BCUT2D eigenvalue weighted by Gasteiger charge is 2.39. The van der Waals surface area contributed by atoms with Crippen LogP contribution in [0.4, 0.5) is 11.4 Å². The second-order valence-electron chi connectivity index (χ2n) is 7.53. The van der Waals surface area contributed by atoms with Crippen LogP contribution in [0.15, 0.2) is 52.9 Å². The summed E-state index contributed by atoms with van der Waals surface area (Å²) in [5.41, 5.74) is 2.07. The van der Waals surface area contributed by atoms with Crippen molar-refractivity contribution in [3.8, 4) is 0 Å². The Morgan fingerprint density at radius 1 is 1.07 bits per heavy atom. The highest BCUT2D eigenvalue weighted by atomic mass is 16.2. The number of rotatable bonds is 2. The minimum absolute atomic E-state index is 0.134. The van der Waals surface area contributed by atoms with Gasteiger partial charge in [0.2, 0.25) is 0 Å². The van der Waals surface area contributed by atoms with Crippen LogP contribution in [0.5, 0.6) is 0 Å². The van der Waals surface area contributed by atoms with Gasteiger partial charge >= 0.3 is 0 Å². The van der Waals surface area contributed by atoms with Crippen molar-refractivity contribution in [3.05, 3.63) is 47.8 Å². The lowest BCUT2D eigenvalue weighted by Gasteiger charge is -2.27. The predicted molar refractivity (Wildman–Crippen MR) is 108 cm³/mol. The van der Waals surface area contributed by atoms with Crippen LogP contribution >= 0.6 is 0 Å². The summed E-state index contributed by atoms with van der Waals surface area (Å²) in [5.74, 6) is 0.247. The Balaban J connectivity index is 2.01. The molecule has 0 atom stereocenters. The summed E-state index contributed by atoms with van der Waals surface area (Å²) in [5, 5.41) is 8.20. The summed E-state index contributed by atoms with van der Waals surface area (Å²) < 4.78 is 0. The van der Waals surface area contributed by atoms with Gasteiger partial charge in [0.1, 0.15) is 5.82 Å². The standard InChI is InChI=1S/C20H25N5O2/c1-20(2,3)25-19(27)13(17(22-25)18(26)21-4)11-12-16-23(5)14-9-7-8-10-15(14)24(16)6/h7-12H,1-6H3,(H,21,26)/b13-11+. The van der Waals surface area contributed by atoms with Gasteiger partial charge in [0.15, 0.2) is 5.71 Å². The molecular formula is C20H25N5O2. The first-order valence-electron chi connectivity index (χ1n) is 8.81. The second kappa shape index (κ2) is 6.57. The highest BCUT2D eigenvalue weighted by molar-refractivity contribution is 6.52. The number of fused-ring (bicyclic) bond motifs is 1. The van der Waals surface area contributed by atoms with E-state index in [1.54, 1.807) is 6.08 Å². The molecule has 142 valence electrons. The summed E-state index contributed by atoms with van der Waals surface area (Å²) in [7, 11) is 5.47. The molecule has 0 aliphatic carbocycles. The monoisotopic (exact) mass is 367 g/mol. The summed E-state index contributed by atoms with van der Waals surface area (Å²) >= 11 is 0. The number of carbonyl (C=O) groups is 2. The normalized spacial score (nSPS) is 18.2. The molecule has 7 heteroatoms. The van der Waals surface area contributed by atoms with Crippen molar-refractivity contribution < 1.29 is 9.59 Å². The third-order valence-corrected chi connectivity index (χ3v) is 4.65. The van der Waals surface area contributed by atoms with Gasteiger partial charge in [0.25, 0.3) is 11.8 Å². The molecule has 1 N–H and O–H groups in total. The summed E-state index contributed by atoms with van der Waals surface area (Å²) in [6, 6.07) is 8.06. The van der Waals surface area contributed by atoms with E-state index in [9.17, 15) is 9.59 Å². The number of hydrogen-bond donors (Lipinski definition) is 1. The van der Waals surface area contributed by atoms with E-state index in [0.29, 0.717) is 0 Å². The Hall–Kier alpha value is -3.09. The van der Waals surface area contributed by atoms with Crippen molar-refractivity contribution in [1.82, 2.24) is 10.3 Å². The van der Waals surface area contributed by atoms with Crippen LogP contribution in [0.1, 0.15) is 20.8 Å². The predicted octanol–water partition coefficient (Wildman–Crippen LogP) is 2.08. The number of hydrogen-bond acceptors (Lipinski definition) is 5. The topological polar surface area (TPSA) is 68.2 Å². The Bertz CT molecular complexity index is 861. The molecule has 0 saturated carbocycles. The molecule has 27 heavy (non-hydrogen) atoms. The number of anilines is 2. The van der Waals surface area contributed by atoms with Crippen LogP contribution in [0.3, 0.4) is 0 Å². The molecule has 0 saturated heterocycles. The van der Waals surface area contributed by atoms with Gasteiger partial charge in [0, 0.05) is 21.1 Å². The maximum absolute atomic E-state index is 12.9. The van der Waals surface area contributed by atoms with E-state index in [1.165, 1.54) is 12.1 Å². The van der Waals surface area contributed by atoms with Gasteiger partial charge in [-0.25, -0.2) is 5.01 Å². The van der Waals surface area contributed by atoms with Gasteiger partial charge in [0.05, 0.1) is 22.5 Å². The van der Waals surface area contributed by atoms with Gasteiger partial charge in [-0.2, -0.15) is 5.10 Å². The number of amides is 2. The number of para-hydroxylation sites is 2. The molecule has 2 heterocycles. The van der Waals surface area contributed by atoms with Crippen LogP contribution in [0.2, 0.25) is 0 Å². The molecule has 3 rings (SSSR count). The number of nitrogens with zero attached hydrogens (tertiary/aromatic N) is 4. The summed E-state index contributed by atoms with van der Waals surface area (Å²) in [6.07, 6.45) is 3.52. The minimum Gasteiger partial charge on any atom is -0.354 e. The third kappa shape index (κ3) is 3.09. The zero-order valence-corrected chi connectivity index (χ0v) is 16.6. The molecule has 1 aromatic rings. The fraction of sp³-hybridized carbons (Fsp3) is 0.350. The lowest BCUT2D eigenvalue weighted by Crippen LogP contribution is -2.39. The lowest BCUT2D eigenvalue weighted by atomic mass is 10.1. The first-order chi connectivity index (χ1) is 12.7. The van der Waals surface area contributed by atoms with E-state index in [4.69, 9.17) is 0 Å². The maximum atomic E-state index is 12.9. The van der Waals surface area contributed by atoms with E-state index >= 15 is 0 Å². The van der Waals surface area contributed by atoms with Crippen LogP contribution in [0, 0.1) is 0 Å². The molecule has 2 aliphatic heterocycles. The number of allylic oxidation sites excluding steroid dienone is 2.